The number of amides is 1. The van der Waals surface area contributed by atoms with E-state index in [2.05, 4.69) is 9.97 Å². The van der Waals surface area contributed by atoms with E-state index in [9.17, 15) is 14.7 Å². The molecule has 19 heavy (non-hydrogen) atoms. The van der Waals surface area contributed by atoms with Gasteiger partial charge in [-0.3, -0.25) is 14.8 Å². The zero-order chi connectivity index (χ0) is 13.9. The molecule has 102 valence electrons. The fraction of sp³-hybridized carbons (Fsp3) is 0.538. The second-order valence-corrected chi connectivity index (χ2v) is 4.81. The SMILES string of the molecule is CC(=O)N1CC[C@]1(CCCc1cnccn1)C(=O)O. The molecule has 1 aliphatic heterocycles. The number of carbonyl (C=O) groups excluding carboxylic acids is 1. The van der Waals surface area contributed by atoms with Crippen molar-refractivity contribution in [1.29, 1.82) is 0 Å². The first-order valence-corrected chi connectivity index (χ1v) is 6.33. The Balaban J connectivity index is 1.96. The summed E-state index contributed by atoms with van der Waals surface area (Å²) in [6.07, 6.45) is 7.24. The van der Waals surface area contributed by atoms with Gasteiger partial charge < -0.3 is 10.0 Å². The highest BCUT2D eigenvalue weighted by Crippen LogP contribution is 2.35. The number of carboxylic acid groups (broad SMARTS) is 1. The Bertz CT molecular complexity index is 477. The van der Waals surface area contributed by atoms with Crippen LogP contribution in [-0.2, 0) is 16.0 Å². The molecular weight excluding hydrogens is 246 g/mol. The van der Waals surface area contributed by atoms with Crippen LogP contribution in [0.1, 0.15) is 31.9 Å². The smallest absolute Gasteiger partial charge is 0.329 e. The maximum absolute atomic E-state index is 11.4. The summed E-state index contributed by atoms with van der Waals surface area (Å²) in [6.45, 7) is 1.95. The Kier molecular flexibility index (Phi) is 3.78. The monoisotopic (exact) mass is 263 g/mol. The summed E-state index contributed by atoms with van der Waals surface area (Å²) in [7, 11) is 0. The molecule has 2 heterocycles. The van der Waals surface area contributed by atoms with E-state index in [1.165, 1.54) is 11.8 Å². The molecule has 1 saturated heterocycles. The minimum Gasteiger partial charge on any atom is -0.479 e. The zero-order valence-corrected chi connectivity index (χ0v) is 10.9. The number of hydrogen-bond acceptors (Lipinski definition) is 4. The van der Waals surface area contributed by atoms with Gasteiger partial charge in [0.25, 0.3) is 0 Å². The number of aliphatic carboxylic acids is 1. The average molecular weight is 263 g/mol. The first-order chi connectivity index (χ1) is 9.06. The second kappa shape index (κ2) is 5.34. The summed E-state index contributed by atoms with van der Waals surface area (Å²) in [6, 6.07) is 0. The summed E-state index contributed by atoms with van der Waals surface area (Å²) in [5, 5.41) is 9.38. The van der Waals surface area contributed by atoms with Crippen LogP contribution >= 0.6 is 0 Å². The van der Waals surface area contributed by atoms with Crippen LogP contribution in [0.2, 0.25) is 0 Å². The summed E-state index contributed by atoms with van der Waals surface area (Å²) < 4.78 is 0. The Morgan fingerprint density at radius 2 is 2.26 bits per heavy atom. The minimum absolute atomic E-state index is 0.173. The van der Waals surface area contributed by atoms with E-state index in [0.29, 0.717) is 32.2 Å². The van der Waals surface area contributed by atoms with Crippen molar-refractivity contribution in [2.45, 2.75) is 38.1 Å². The van der Waals surface area contributed by atoms with Crippen LogP contribution in [0.15, 0.2) is 18.6 Å². The number of rotatable bonds is 5. The van der Waals surface area contributed by atoms with E-state index in [1.54, 1.807) is 18.6 Å². The Morgan fingerprint density at radius 3 is 2.74 bits per heavy atom. The van der Waals surface area contributed by atoms with Gasteiger partial charge in [-0.1, -0.05) is 0 Å². The molecule has 1 aliphatic rings. The molecule has 0 spiro atoms. The first kappa shape index (κ1) is 13.5. The summed E-state index contributed by atoms with van der Waals surface area (Å²) in [5.74, 6) is -1.08. The molecule has 1 fully saturated rings. The quantitative estimate of drug-likeness (QED) is 0.852. The summed E-state index contributed by atoms with van der Waals surface area (Å²) >= 11 is 0. The highest BCUT2D eigenvalue weighted by molar-refractivity contribution is 5.88. The average Bonchev–Trinajstić information content (AvgIpc) is 2.33. The van der Waals surface area contributed by atoms with Gasteiger partial charge in [0.15, 0.2) is 0 Å². The van der Waals surface area contributed by atoms with Crippen molar-refractivity contribution >= 4 is 11.9 Å². The topological polar surface area (TPSA) is 83.4 Å². The molecule has 0 unspecified atom stereocenters. The lowest BCUT2D eigenvalue weighted by molar-refractivity contribution is -0.170. The van der Waals surface area contributed by atoms with Crippen LogP contribution in [0.5, 0.6) is 0 Å². The van der Waals surface area contributed by atoms with Gasteiger partial charge >= 0.3 is 5.97 Å². The Hall–Kier alpha value is -1.98. The summed E-state index contributed by atoms with van der Waals surface area (Å²) in [4.78, 5) is 32.4. The lowest BCUT2D eigenvalue weighted by Gasteiger charge is -2.49. The molecule has 1 aromatic heterocycles. The second-order valence-electron chi connectivity index (χ2n) is 4.81. The van der Waals surface area contributed by atoms with Crippen molar-refractivity contribution in [1.82, 2.24) is 14.9 Å². The molecule has 6 nitrogen and oxygen atoms in total. The molecule has 1 amide bonds. The van der Waals surface area contributed by atoms with Crippen LogP contribution in [0.25, 0.3) is 0 Å². The molecule has 0 aliphatic carbocycles. The highest BCUT2D eigenvalue weighted by Gasteiger charge is 2.52. The molecule has 0 radical (unpaired) electrons. The van der Waals surface area contributed by atoms with Gasteiger partial charge in [0.2, 0.25) is 5.91 Å². The molecular formula is C13H17N3O3. The molecule has 6 heteroatoms. The van der Waals surface area contributed by atoms with E-state index < -0.39 is 11.5 Å². The van der Waals surface area contributed by atoms with E-state index in [1.807, 2.05) is 0 Å². The van der Waals surface area contributed by atoms with E-state index in [4.69, 9.17) is 0 Å². The number of aryl methyl sites for hydroxylation is 1. The van der Waals surface area contributed by atoms with Crippen LogP contribution in [0.4, 0.5) is 0 Å². The Morgan fingerprint density at radius 1 is 1.47 bits per heavy atom. The van der Waals surface area contributed by atoms with Crippen LogP contribution in [0.3, 0.4) is 0 Å². The minimum atomic E-state index is -1.01. The number of carboxylic acids is 1. The highest BCUT2D eigenvalue weighted by atomic mass is 16.4. The maximum Gasteiger partial charge on any atom is 0.329 e. The van der Waals surface area contributed by atoms with Crippen molar-refractivity contribution in [3.8, 4) is 0 Å². The predicted octanol–water partition coefficient (Wildman–Crippen LogP) is 0.875. The Labute approximate surface area is 111 Å². The summed E-state index contributed by atoms with van der Waals surface area (Å²) in [5.41, 5.74) is -0.162. The van der Waals surface area contributed by atoms with E-state index >= 15 is 0 Å². The lowest BCUT2D eigenvalue weighted by atomic mass is 9.80. The van der Waals surface area contributed by atoms with E-state index in [-0.39, 0.29) is 5.91 Å². The third kappa shape index (κ3) is 2.57. The van der Waals surface area contributed by atoms with Crippen molar-refractivity contribution in [3.63, 3.8) is 0 Å². The number of carbonyl (C=O) groups is 2. The number of aromatic nitrogens is 2. The standard InChI is InChI=1S/C13H17N3O3/c1-10(17)16-8-5-13(16,12(18)19)4-2-3-11-9-14-6-7-15-11/h6-7,9H,2-5,8H2,1H3,(H,18,19)/t13-/m1/s1. The fourth-order valence-corrected chi connectivity index (χ4v) is 2.56. The largest absolute Gasteiger partial charge is 0.479 e. The van der Waals surface area contributed by atoms with Crippen LogP contribution < -0.4 is 0 Å². The fourth-order valence-electron chi connectivity index (χ4n) is 2.56. The lowest BCUT2D eigenvalue weighted by Crippen LogP contribution is -2.66. The molecule has 1 atom stereocenters. The third-order valence-electron chi connectivity index (χ3n) is 3.68. The molecule has 1 N–H and O–H groups in total. The molecule has 2 rings (SSSR count). The van der Waals surface area contributed by atoms with Gasteiger partial charge in [-0.2, -0.15) is 0 Å². The number of hydrogen-bond donors (Lipinski definition) is 1. The molecule has 1 aromatic rings. The molecule has 0 saturated carbocycles. The van der Waals surface area contributed by atoms with Gasteiger partial charge in [-0.05, 0) is 25.7 Å². The predicted molar refractivity (Wildman–Crippen MR) is 67.3 cm³/mol. The van der Waals surface area contributed by atoms with Gasteiger partial charge in [0, 0.05) is 32.1 Å². The number of nitrogens with zero attached hydrogens (tertiary/aromatic N) is 3. The van der Waals surface area contributed by atoms with Gasteiger partial charge in [-0.15, -0.1) is 0 Å². The first-order valence-electron chi connectivity index (χ1n) is 6.33. The normalized spacial score (nSPS) is 21.8. The van der Waals surface area contributed by atoms with Crippen molar-refractivity contribution in [2.24, 2.45) is 0 Å². The van der Waals surface area contributed by atoms with Gasteiger partial charge in [0.1, 0.15) is 5.54 Å². The van der Waals surface area contributed by atoms with Crippen molar-refractivity contribution in [2.75, 3.05) is 6.54 Å². The molecule has 0 bridgehead atoms. The van der Waals surface area contributed by atoms with E-state index in [0.717, 1.165) is 5.69 Å². The van der Waals surface area contributed by atoms with Crippen molar-refractivity contribution in [3.05, 3.63) is 24.3 Å². The maximum atomic E-state index is 11.4. The van der Waals surface area contributed by atoms with Gasteiger partial charge in [-0.25, -0.2) is 4.79 Å². The zero-order valence-electron chi connectivity index (χ0n) is 10.9. The van der Waals surface area contributed by atoms with Crippen LogP contribution in [0, 0.1) is 0 Å². The number of likely N-dealkylation sites (tertiary alicyclic amines) is 1. The third-order valence-corrected chi connectivity index (χ3v) is 3.68. The van der Waals surface area contributed by atoms with Crippen molar-refractivity contribution < 1.29 is 14.7 Å². The molecule has 0 aromatic carbocycles. The van der Waals surface area contributed by atoms with Crippen LogP contribution in [-0.4, -0.2) is 43.9 Å². The van der Waals surface area contributed by atoms with Gasteiger partial charge in [0.05, 0.1) is 5.69 Å².